The smallest absolute Gasteiger partial charge is 0.407 e. The van der Waals surface area contributed by atoms with E-state index in [-0.39, 0.29) is 12.1 Å². The monoisotopic (exact) mass is 289 g/mol. The number of anilines is 1. The van der Waals surface area contributed by atoms with Gasteiger partial charge in [-0.25, -0.2) is 9.59 Å². The van der Waals surface area contributed by atoms with Gasteiger partial charge < -0.3 is 20.2 Å². The zero-order chi connectivity index (χ0) is 14.8. The number of fused-ring (bicyclic) bond motifs is 1. The molecule has 21 heavy (non-hydrogen) atoms. The molecule has 1 saturated heterocycles. The molecule has 0 radical (unpaired) electrons. The summed E-state index contributed by atoms with van der Waals surface area (Å²) in [4.78, 5) is 26.6. The van der Waals surface area contributed by atoms with Crippen LogP contribution in [0.25, 0.3) is 0 Å². The van der Waals surface area contributed by atoms with Gasteiger partial charge in [-0.15, -0.1) is 0 Å². The fraction of sp³-hybridized carbons (Fsp3) is 0.467. The molecule has 6 heteroatoms. The predicted molar refractivity (Wildman–Crippen MR) is 78.5 cm³/mol. The van der Waals surface area contributed by atoms with E-state index in [0.29, 0.717) is 32.5 Å². The second kappa shape index (κ2) is 5.63. The highest BCUT2D eigenvalue weighted by Crippen LogP contribution is 2.24. The van der Waals surface area contributed by atoms with Crippen molar-refractivity contribution in [1.29, 1.82) is 0 Å². The molecule has 2 N–H and O–H groups in total. The highest BCUT2D eigenvalue weighted by atomic mass is 16.4. The van der Waals surface area contributed by atoms with Crippen molar-refractivity contribution in [3.63, 3.8) is 0 Å². The maximum absolute atomic E-state index is 12.4. The standard InChI is InChI=1S/C15H19N3O3/c19-14-16-13-4-2-1-3-11(13)5-10-18(14)12-6-8-17(9-7-12)15(20)21/h1-4,12H,5-10H2,(H,16,19)(H,20,21). The van der Waals surface area contributed by atoms with Gasteiger partial charge >= 0.3 is 12.1 Å². The third-order valence-electron chi connectivity index (χ3n) is 4.32. The van der Waals surface area contributed by atoms with Gasteiger partial charge in [-0.2, -0.15) is 0 Å². The average molecular weight is 289 g/mol. The van der Waals surface area contributed by atoms with Crippen LogP contribution < -0.4 is 5.32 Å². The molecule has 2 aliphatic rings. The van der Waals surface area contributed by atoms with Crippen molar-refractivity contribution in [1.82, 2.24) is 9.80 Å². The maximum atomic E-state index is 12.4. The van der Waals surface area contributed by atoms with Crippen LogP contribution in [0.4, 0.5) is 15.3 Å². The van der Waals surface area contributed by atoms with Crippen LogP contribution >= 0.6 is 0 Å². The Morgan fingerprint density at radius 3 is 2.62 bits per heavy atom. The number of carbonyl (C=O) groups excluding carboxylic acids is 1. The summed E-state index contributed by atoms with van der Waals surface area (Å²) in [5, 5.41) is 11.9. The lowest BCUT2D eigenvalue weighted by Crippen LogP contribution is -2.49. The SMILES string of the molecule is O=C(O)N1CCC(N2CCc3ccccc3NC2=O)CC1. The minimum atomic E-state index is -0.874. The number of likely N-dealkylation sites (tertiary alicyclic amines) is 1. The molecule has 2 aliphatic heterocycles. The summed E-state index contributed by atoms with van der Waals surface area (Å²) in [5.41, 5.74) is 2.03. The van der Waals surface area contributed by atoms with Crippen molar-refractivity contribution >= 4 is 17.8 Å². The molecule has 3 amide bonds. The Bertz CT molecular complexity index is 553. The van der Waals surface area contributed by atoms with Crippen LogP contribution in [0.2, 0.25) is 0 Å². The van der Waals surface area contributed by atoms with E-state index in [9.17, 15) is 9.59 Å². The number of carboxylic acid groups (broad SMARTS) is 1. The summed E-state index contributed by atoms with van der Waals surface area (Å²) >= 11 is 0. The lowest BCUT2D eigenvalue weighted by molar-refractivity contribution is 0.108. The molecule has 0 aromatic heterocycles. The fourth-order valence-corrected chi connectivity index (χ4v) is 3.11. The number of urea groups is 1. The molecule has 1 aromatic rings. The van der Waals surface area contributed by atoms with E-state index >= 15 is 0 Å². The fourth-order valence-electron chi connectivity index (χ4n) is 3.11. The van der Waals surface area contributed by atoms with Crippen molar-refractivity contribution in [2.75, 3.05) is 25.0 Å². The molecular formula is C15H19N3O3. The van der Waals surface area contributed by atoms with Crippen molar-refractivity contribution in [3.05, 3.63) is 29.8 Å². The van der Waals surface area contributed by atoms with Crippen LogP contribution in [-0.4, -0.2) is 52.7 Å². The quantitative estimate of drug-likeness (QED) is 0.832. The summed E-state index contributed by atoms with van der Waals surface area (Å²) in [6, 6.07) is 7.89. The largest absolute Gasteiger partial charge is 0.465 e. The first-order valence-electron chi connectivity index (χ1n) is 7.28. The lowest BCUT2D eigenvalue weighted by Gasteiger charge is -2.36. The van der Waals surface area contributed by atoms with Gasteiger partial charge in [0.25, 0.3) is 0 Å². The zero-order valence-corrected chi connectivity index (χ0v) is 11.8. The number of amides is 3. The third-order valence-corrected chi connectivity index (χ3v) is 4.32. The lowest BCUT2D eigenvalue weighted by atomic mass is 10.0. The minimum Gasteiger partial charge on any atom is -0.465 e. The number of carbonyl (C=O) groups is 2. The molecule has 0 aliphatic carbocycles. The van der Waals surface area contributed by atoms with Crippen molar-refractivity contribution in [2.24, 2.45) is 0 Å². The van der Waals surface area contributed by atoms with E-state index in [0.717, 1.165) is 17.7 Å². The van der Waals surface area contributed by atoms with E-state index in [4.69, 9.17) is 5.11 Å². The number of hydrogen-bond donors (Lipinski definition) is 2. The van der Waals surface area contributed by atoms with Crippen LogP contribution in [0.3, 0.4) is 0 Å². The summed E-state index contributed by atoms with van der Waals surface area (Å²) in [5.74, 6) is 0. The van der Waals surface area contributed by atoms with Gasteiger partial charge in [0.1, 0.15) is 0 Å². The molecule has 2 heterocycles. The zero-order valence-electron chi connectivity index (χ0n) is 11.8. The first kappa shape index (κ1) is 13.7. The summed E-state index contributed by atoms with van der Waals surface area (Å²) in [7, 11) is 0. The van der Waals surface area contributed by atoms with Crippen LogP contribution in [0.15, 0.2) is 24.3 Å². The van der Waals surface area contributed by atoms with Crippen LogP contribution in [0.1, 0.15) is 18.4 Å². The van der Waals surface area contributed by atoms with Gasteiger partial charge in [0.15, 0.2) is 0 Å². The summed E-state index contributed by atoms with van der Waals surface area (Å²) in [6.07, 6.45) is 1.36. The van der Waals surface area contributed by atoms with Crippen LogP contribution in [0.5, 0.6) is 0 Å². The number of piperidine rings is 1. The number of para-hydroxylation sites is 1. The van der Waals surface area contributed by atoms with E-state index in [1.165, 1.54) is 4.90 Å². The Balaban J connectivity index is 1.68. The van der Waals surface area contributed by atoms with E-state index in [2.05, 4.69) is 5.32 Å². The number of nitrogens with one attached hydrogen (secondary N) is 1. The van der Waals surface area contributed by atoms with E-state index in [1.807, 2.05) is 29.2 Å². The number of rotatable bonds is 1. The highest BCUT2D eigenvalue weighted by molar-refractivity contribution is 5.91. The average Bonchev–Trinajstić information content (AvgIpc) is 2.65. The molecule has 0 bridgehead atoms. The summed E-state index contributed by atoms with van der Waals surface area (Å²) in [6.45, 7) is 1.67. The van der Waals surface area contributed by atoms with Gasteiger partial charge in [-0.1, -0.05) is 18.2 Å². The molecule has 0 atom stereocenters. The Kier molecular flexibility index (Phi) is 3.68. The Morgan fingerprint density at radius 2 is 1.90 bits per heavy atom. The number of benzene rings is 1. The van der Waals surface area contributed by atoms with Crippen LogP contribution in [-0.2, 0) is 6.42 Å². The molecule has 1 aromatic carbocycles. The van der Waals surface area contributed by atoms with Gasteiger partial charge in [-0.05, 0) is 30.9 Å². The maximum Gasteiger partial charge on any atom is 0.407 e. The number of nitrogens with zero attached hydrogens (tertiary/aromatic N) is 2. The summed E-state index contributed by atoms with van der Waals surface area (Å²) < 4.78 is 0. The van der Waals surface area contributed by atoms with Crippen LogP contribution in [0, 0.1) is 0 Å². The molecule has 112 valence electrons. The van der Waals surface area contributed by atoms with Crippen molar-refractivity contribution in [3.8, 4) is 0 Å². The van der Waals surface area contributed by atoms with Crippen molar-refractivity contribution < 1.29 is 14.7 Å². The van der Waals surface area contributed by atoms with Crippen molar-refractivity contribution in [2.45, 2.75) is 25.3 Å². The molecule has 3 rings (SSSR count). The first-order chi connectivity index (χ1) is 10.1. The van der Waals surface area contributed by atoms with E-state index < -0.39 is 6.09 Å². The molecule has 0 saturated carbocycles. The van der Waals surface area contributed by atoms with Gasteiger partial charge in [-0.3, -0.25) is 0 Å². The second-order valence-corrected chi connectivity index (χ2v) is 5.53. The topological polar surface area (TPSA) is 72.9 Å². The molecule has 6 nitrogen and oxygen atoms in total. The Labute approximate surface area is 123 Å². The molecule has 1 fully saturated rings. The Morgan fingerprint density at radius 1 is 1.19 bits per heavy atom. The van der Waals surface area contributed by atoms with E-state index in [1.54, 1.807) is 0 Å². The highest BCUT2D eigenvalue weighted by Gasteiger charge is 2.30. The normalized spacial score (nSPS) is 19.7. The van der Waals surface area contributed by atoms with Gasteiger partial charge in [0.2, 0.25) is 0 Å². The molecule has 0 unspecified atom stereocenters. The van der Waals surface area contributed by atoms with Gasteiger partial charge in [0.05, 0.1) is 0 Å². The first-order valence-corrected chi connectivity index (χ1v) is 7.28. The predicted octanol–water partition coefficient (Wildman–Crippen LogP) is 2.22. The van der Waals surface area contributed by atoms with Gasteiger partial charge in [0, 0.05) is 31.4 Å². The second-order valence-electron chi connectivity index (χ2n) is 5.53. The third kappa shape index (κ3) is 2.79. The Hall–Kier alpha value is -2.24. The minimum absolute atomic E-state index is 0.0753. The molecular weight excluding hydrogens is 270 g/mol. The number of hydrogen-bond acceptors (Lipinski definition) is 2. The molecule has 0 spiro atoms.